The number of aryl methyl sites for hydroxylation is 2. The van der Waals surface area contributed by atoms with Crippen LogP contribution in [0.3, 0.4) is 0 Å². The van der Waals surface area contributed by atoms with Crippen LogP contribution in [-0.2, 0) is 12.8 Å². The van der Waals surface area contributed by atoms with Gasteiger partial charge in [0.2, 0.25) is 0 Å². The molecular weight excluding hydrogens is 248 g/mol. The van der Waals surface area contributed by atoms with Gasteiger partial charge in [-0.25, -0.2) is 0 Å². The molecule has 0 aliphatic heterocycles. The van der Waals surface area contributed by atoms with E-state index in [1.54, 1.807) is 12.3 Å². The molecule has 1 aromatic carbocycles. The van der Waals surface area contributed by atoms with Crippen LogP contribution in [0.4, 0.5) is 0 Å². The Morgan fingerprint density at radius 1 is 1.00 bits per heavy atom. The maximum absolute atomic E-state index is 8.95. The molecule has 2 heterocycles. The lowest BCUT2D eigenvalue weighted by Crippen LogP contribution is -1.97. The second-order valence-electron chi connectivity index (χ2n) is 4.71. The molecule has 3 aromatic rings. The van der Waals surface area contributed by atoms with Crippen LogP contribution in [0.25, 0.3) is 5.65 Å². The molecule has 0 spiro atoms. The topological polar surface area (TPSA) is 54.0 Å². The molecule has 3 rings (SSSR count). The van der Waals surface area contributed by atoms with Gasteiger partial charge in [-0.2, -0.15) is 5.26 Å². The van der Waals surface area contributed by atoms with Crippen LogP contribution in [-0.4, -0.2) is 14.6 Å². The van der Waals surface area contributed by atoms with E-state index in [4.69, 9.17) is 5.26 Å². The van der Waals surface area contributed by atoms with E-state index in [0.717, 1.165) is 30.7 Å². The first kappa shape index (κ1) is 12.4. The highest BCUT2D eigenvalue weighted by atomic mass is 15.2. The number of aromatic nitrogens is 3. The fourth-order valence-corrected chi connectivity index (χ4v) is 2.27. The van der Waals surface area contributed by atoms with Gasteiger partial charge in [0.15, 0.2) is 5.65 Å². The zero-order valence-corrected chi connectivity index (χ0v) is 11.0. The highest BCUT2D eigenvalue weighted by Gasteiger charge is 2.06. The summed E-state index contributed by atoms with van der Waals surface area (Å²) in [7, 11) is 0. The van der Waals surface area contributed by atoms with E-state index in [2.05, 4.69) is 40.5 Å². The molecule has 0 aliphatic carbocycles. The smallest absolute Gasteiger partial charge is 0.160 e. The highest BCUT2D eigenvalue weighted by Crippen LogP contribution is 2.10. The van der Waals surface area contributed by atoms with Crippen LogP contribution in [0.5, 0.6) is 0 Å². The van der Waals surface area contributed by atoms with Gasteiger partial charge >= 0.3 is 0 Å². The molecule has 2 aromatic heterocycles. The molecule has 98 valence electrons. The maximum atomic E-state index is 8.95. The molecule has 4 heteroatoms. The number of rotatable bonds is 4. The van der Waals surface area contributed by atoms with Crippen LogP contribution < -0.4 is 0 Å². The predicted molar refractivity (Wildman–Crippen MR) is 76.2 cm³/mol. The van der Waals surface area contributed by atoms with Crippen molar-refractivity contribution >= 4 is 5.65 Å². The summed E-state index contributed by atoms with van der Waals surface area (Å²) in [6.45, 7) is 0. The van der Waals surface area contributed by atoms with Gasteiger partial charge in [0.05, 0.1) is 5.56 Å². The van der Waals surface area contributed by atoms with Gasteiger partial charge in [-0.05, 0) is 30.5 Å². The second kappa shape index (κ2) is 5.54. The van der Waals surface area contributed by atoms with Gasteiger partial charge in [0.1, 0.15) is 11.9 Å². The third kappa shape index (κ3) is 2.52. The van der Waals surface area contributed by atoms with E-state index in [9.17, 15) is 0 Å². The van der Waals surface area contributed by atoms with Crippen LogP contribution in [0, 0.1) is 11.3 Å². The van der Waals surface area contributed by atoms with Crippen molar-refractivity contribution in [1.82, 2.24) is 14.6 Å². The molecule has 0 saturated heterocycles. The van der Waals surface area contributed by atoms with Crippen LogP contribution in [0.2, 0.25) is 0 Å². The van der Waals surface area contributed by atoms with Crippen molar-refractivity contribution in [3.63, 3.8) is 0 Å². The Labute approximate surface area is 117 Å². The first-order valence-corrected chi connectivity index (χ1v) is 6.64. The van der Waals surface area contributed by atoms with Crippen molar-refractivity contribution in [3.8, 4) is 6.07 Å². The number of hydrogen-bond donors (Lipinski definition) is 0. The fourth-order valence-electron chi connectivity index (χ4n) is 2.27. The number of nitrogens with zero attached hydrogens (tertiary/aromatic N) is 4. The normalized spacial score (nSPS) is 10.6. The lowest BCUT2D eigenvalue weighted by molar-refractivity contribution is 0.760. The van der Waals surface area contributed by atoms with Crippen LogP contribution >= 0.6 is 0 Å². The summed E-state index contributed by atoms with van der Waals surface area (Å²) in [5, 5.41) is 17.3. The number of fused-ring (bicyclic) bond motifs is 1. The molecule has 0 fully saturated rings. The lowest BCUT2D eigenvalue weighted by atomic mass is 10.1. The van der Waals surface area contributed by atoms with Gasteiger partial charge in [0.25, 0.3) is 0 Å². The minimum Gasteiger partial charge on any atom is -0.285 e. The average molecular weight is 262 g/mol. The quantitative estimate of drug-likeness (QED) is 0.726. The summed E-state index contributed by atoms with van der Waals surface area (Å²) >= 11 is 0. The van der Waals surface area contributed by atoms with Crippen LogP contribution in [0.1, 0.15) is 23.4 Å². The van der Waals surface area contributed by atoms with E-state index in [1.165, 1.54) is 5.56 Å². The molecule has 0 bridgehead atoms. The Balaban J connectivity index is 1.73. The Morgan fingerprint density at radius 2 is 1.85 bits per heavy atom. The van der Waals surface area contributed by atoms with E-state index >= 15 is 0 Å². The van der Waals surface area contributed by atoms with Crippen molar-refractivity contribution < 1.29 is 0 Å². The lowest BCUT2D eigenvalue weighted by Gasteiger charge is -2.01. The second-order valence-corrected chi connectivity index (χ2v) is 4.71. The van der Waals surface area contributed by atoms with E-state index in [-0.39, 0.29) is 0 Å². The summed E-state index contributed by atoms with van der Waals surface area (Å²) in [6.07, 6.45) is 4.69. The van der Waals surface area contributed by atoms with Gasteiger partial charge in [-0.15, -0.1) is 10.2 Å². The zero-order valence-electron chi connectivity index (χ0n) is 11.0. The van der Waals surface area contributed by atoms with Crippen molar-refractivity contribution in [2.24, 2.45) is 0 Å². The van der Waals surface area contributed by atoms with Gasteiger partial charge < -0.3 is 0 Å². The number of pyridine rings is 1. The van der Waals surface area contributed by atoms with Crippen molar-refractivity contribution in [2.45, 2.75) is 19.3 Å². The zero-order chi connectivity index (χ0) is 13.8. The monoisotopic (exact) mass is 262 g/mol. The molecular formula is C16H14N4. The summed E-state index contributed by atoms with van der Waals surface area (Å²) in [5.41, 5.74) is 2.75. The minimum absolute atomic E-state index is 0.626. The Hall–Kier alpha value is -2.67. The molecule has 0 radical (unpaired) electrons. The first-order chi connectivity index (χ1) is 9.86. The van der Waals surface area contributed by atoms with E-state index in [1.807, 2.05) is 16.5 Å². The maximum Gasteiger partial charge on any atom is 0.160 e. The van der Waals surface area contributed by atoms with Gasteiger partial charge in [-0.1, -0.05) is 30.3 Å². The minimum atomic E-state index is 0.626. The molecule has 0 unspecified atom stereocenters. The third-order valence-corrected chi connectivity index (χ3v) is 3.31. The van der Waals surface area contributed by atoms with Crippen molar-refractivity contribution in [3.05, 3.63) is 65.6 Å². The van der Waals surface area contributed by atoms with E-state index < -0.39 is 0 Å². The predicted octanol–water partition coefficient (Wildman–Crippen LogP) is 2.78. The molecule has 0 atom stereocenters. The van der Waals surface area contributed by atoms with E-state index in [0.29, 0.717) is 5.56 Å². The standard InChI is InChI=1S/C16H14N4/c17-11-14-9-10-16-19-18-15(20(16)12-14)8-4-7-13-5-2-1-3-6-13/h1-3,5-6,9-10,12H,4,7-8H2. The average Bonchev–Trinajstić information content (AvgIpc) is 2.91. The Bertz CT molecular complexity index is 753. The molecule has 0 saturated carbocycles. The fraction of sp³-hybridized carbons (Fsp3) is 0.188. The summed E-state index contributed by atoms with van der Waals surface area (Å²) < 4.78 is 1.91. The Kier molecular flexibility index (Phi) is 3.42. The summed E-state index contributed by atoms with van der Waals surface area (Å²) in [5.74, 6) is 0.910. The number of benzene rings is 1. The summed E-state index contributed by atoms with van der Waals surface area (Å²) in [4.78, 5) is 0. The molecule has 20 heavy (non-hydrogen) atoms. The third-order valence-electron chi connectivity index (χ3n) is 3.31. The Morgan fingerprint density at radius 3 is 2.65 bits per heavy atom. The summed E-state index contributed by atoms with van der Waals surface area (Å²) in [6, 6.07) is 16.1. The SMILES string of the molecule is N#Cc1ccc2nnc(CCCc3ccccc3)n2c1. The van der Waals surface area contributed by atoms with Crippen LogP contribution in [0.15, 0.2) is 48.7 Å². The van der Waals surface area contributed by atoms with Crippen molar-refractivity contribution in [1.29, 1.82) is 5.26 Å². The van der Waals surface area contributed by atoms with Crippen molar-refractivity contribution in [2.75, 3.05) is 0 Å². The largest absolute Gasteiger partial charge is 0.285 e. The number of hydrogen-bond acceptors (Lipinski definition) is 3. The molecule has 0 N–H and O–H groups in total. The molecule has 0 aliphatic rings. The number of nitriles is 1. The molecule has 0 amide bonds. The first-order valence-electron chi connectivity index (χ1n) is 6.64. The van der Waals surface area contributed by atoms with Gasteiger partial charge in [-0.3, -0.25) is 4.40 Å². The van der Waals surface area contributed by atoms with Gasteiger partial charge in [0, 0.05) is 12.6 Å². The molecule has 4 nitrogen and oxygen atoms in total. The highest BCUT2D eigenvalue weighted by molar-refractivity contribution is 5.42.